The first kappa shape index (κ1) is 14.5. The number of aryl methyl sites for hydroxylation is 1. The molecule has 106 valence electrons. The largest absolute Gasteiger partial charge is 0.481 e. The summed E-state index contributed by atoms with van der Waals surface area (Å²) in [4.78, 5) is 11.1. The summed E-state index contributed by atoms with van der Waals surface area (Å²) in [6, 6.07) is 1.84. The van der Waals surface area contributed by atoms with Crippen LogP contribution in [0.5, 0.6) is 5.88 Å². The van der Waals surface area contributed by atoms with Gasteiger partial charge in [0.2, 0.25) is 11.8 Å². The Labute approximate surface area is 122 Å². The van der Waals surface area contributed by atoms with E-state index in [9.17, 15) is 0 Å². The molecule has 1 aliphatic rings. The molecule has 0 aliphatic carbocycles. The van der Waals surface area contributed by atoms with Crippen LogP contribution in [0.3, 0.4) is 0 Å². The number of aromatic nitrogens is 2. The molecule has 0 aromatic carbocycles. The van der Waals surface area contributed by atoms with Gasteiger partial charge in [-0.3, -0.25) is 0 Å². The summed E-state index contributed by atoms with van der Waals surface area (Å²) in [5.74, 6) is 1.39. The van der Waals surface area contributed by atoms with E-state index in [2.05, 4.69) is 30.8 Å². The number of rotatable bonds is 5. The van der Waals surface area contributed by atoms with E-state index in [1.54, 1.807) is 7.11 Å². The third-order valence-corrected chi connectivity index (χ3v) is 3.51. The fraction of sp³-hybridized carbons (Fsp3) is 0.692. The Balaban J connectivity index is 1.95. The molecule has 0 amide bonds. The maximum absolute atomic E-state index is 5.75. The highest BCUT2D eigenvalue weighted by Gasteiger charge is 2.21. The smallest absolute Gasteiger partial charge is 0.228 e. The number of nitrogens with zero attached hydrogens (tertiary/aromatic N) is 3. The molecule has 2 heterocycles. The number of alkyl halides is 1. The molecule has 0 bridgehead atoms. The number of anilines is 1. The van der Waals surface area contributed by atoms with Crippen molar-refractivity contribution in [3.63, 3.8) is 0 Å². The highest BCUT2D eigenvalue weighted by molar-refractivity contribution is 9.09. The van der Waals surface area contributed by atoms with E-state index in [0.29, 0.717) is 12.0 Å². The summed E-state index contributed by atoms with van der Waals surface area (Å²) in [6.45, 7) is 4.60. The molecule has 0 radical (unpaired) electrons. The first-order chi connectivity index (χ1) is 9.22. The second-order valence-electron chi connectivity index (χ2n) is 4.60. The fourth-order valence-corrected chi connectivity index (χ4v) is 2.39. The average Bonchev–Trinajstić information content (AvgIpc) is 2.45. The van der Waals surface area contributed by atoms with Gasteiger partial charge in [-0.05, 0) is 19.8 Å². The molecule has 6 heteroatoms. The van der Waals surface area contributed by atoms with Crippen molar-refractivity contribution >= 4 is 21.9 Å². The van der Waals surface area contributed by atoms with Crippen LogP contribution in [0.1, 0.15) is 18.5 Å². The summed E-state index contributed by atoms with van der Waals surface area (Å²) in [6.07, 6.45) is 2.40. The molecule has 2 rings (SSSR count). The van der Waals surface area contributed by atoms with Crippen LogP contribution in [0.25, 0.3) is 0 Å². The molecular formula is C13H20BrN3O2. The topological polar surface area (TPSA) is 47.5 Å². The zero-order valence-corrected chi connectivity index (χ0v) is 13.0. The van der Waals surface area contributed by atoms with Gasteiger partial charge >= 0.3 is 0 Å². The van der Waals surface area contributed by atoms with Gasteiger partial charge < -0.3 is 14.4 Å². The third-order valence-electron chi connectivity index (χ3n) is 3.18. The van der Waals surface area contributed by atoms with Gasteiger partial charge in [0.05, 0.1) is 19.8 Å². The normalized spacial score (nSPS) is 16.7. The minimum absolute atomic E-state index is 0.362. The van der Waals surface area contributed by atoms with Crippen LogP contribution < -0.4 is 9.64 Å². The van der Waals surface area contributed by atoms with Crippen LogP contribution in [0.15, 0.2) is 6.07 Å². The van der Waals surface area contributed by atoms with Crippen LogP contribution in [0.4, 0.5) is 5.95 Å². The predicted octanol–water partition coefficient (Wildman–Crippen LogP) is 2.17. The highest BCUT2D eigenvalue weighted by Crippen LogP contribution is 2.20. The molecule has 0 N–H and O–H groups in total. The molecule has 0 unspecified atom stereocenters. The molecular weight excluding hydrogens is 310 g/mol. The van der Waals surface area contributed by atoms with Gasteiger partial charge in [0.15, 0.2) is 0 Å². The molecule has 1 saturated heterocycles. The maximum atomic E-state index is 5.75. The number of hydrogen-bond donors (Lipinski definition) is 0. The molecule has 0 saturated carbocycles. The van der Waals surface area contributed by atoms with E-state index >= 15 is 0 Å². The zero-order valence-electron chi connectivity index (χ0n) is 11.4. The molecule has 0 spiro atoms. The lowest BCUT2D eigenvalue weighted by Crippen LogP contribution is -2.38. The minimum Gasteiger partial charge on any atom is -0.481 e. The lowest BCUT2D eigenvalue weighted by atomic mass is 10.1. The Morgan fingerprint density at radius 1 is 1.37 bits per heavy atom. The van der Waals surface area contributed by atoms with E-state index in [4.69, 9.17) is 9.47 Å². The fourth-order valence-electron chi connectivity index (χ4n) is 2.20. The van der Waals surface area contributed by atoms with Crippen molar-refractivity contribution in [2.45, 2.75) is 25.9 Å². The van der Waals surface area contributed by atoms with E-state index in [1.807, 2.05) is 13.0 Å². The van der Waals surface area contributed by atoms with Crippen LogP contribution in [-0.4, -0.2) is 48.2 Å². The number of ether oxygens (including phenoxy) is 2. The molecule has 1 aromatic heterocycles. The lowest BCUT2D eigenvalue weighted by molar-refractivity contribution is 0.0479. The first-order valence-electron chi connectivity index (χ1n) is 6.55. The molecule has 5 nitrogen and oxygen atoms in total. The Morgan fingerprint density at radius 3 is 2.74 bits per heavy atom. The second-order valence-corrected chi connectivity index (χ2v) is 5.39. The predicted molar refractivity (Wildman–Crippen MR) is 78.3 cm³/mol. The van der Waals surface area contributed by atoms with Crippen molar-refractivity contribution in [2.75, 3.05) is 37.0 Å². The van der Waals surface area contributed by atoms with Crippen LogP contribution in [-0.2, 0) is 4.74 Å². The van der Waals surface area contributed by atoms with Gasteiger partial charge in [-0.2, -0.15) is 4.98 Å². The summed E-state index contributed by atoms with van der Waals surface area (Å²) in [5, 5.41) is 0.894. The van der Waals surface area contributed by atoms with E-state index in [1.165, 1.54) is 0 Å². The summed E-state index contributed by atoms with van der Waals surface area (Å²) >= 11 is 3.38. The summed E-state index contributed by atoms with van der Waals surface area (Å²) < 4.78 is 10.9. The molecule has 1 aliphatic heterocycles. The Hall–Kier alpha value is -0.880. The monoisotopic (exact) mass is 329 g/mol. The van der Waals surface area contributed by atoms with Crippen molar-refractivity contribution in [2.24, 2.45) is 0 Å². The van der Waals surface area contributed by atoms with Gasteiger partial charge in [-0.1, -0.05) is 15.9 Å². The Morgan fingerprint density at radius 2 is 2.11 bits per heavy atom. The van der Waals surface area contributed by atoms with Gasteiger partial charge in [-0.15, -0.1) is 0 Å². The first-order valence-corrected chi connectivity index (χ1v) is 7.67. The van der Waals surface area contributed by atoms with Crippen molar-refractivity contribution in [1.29, 1.82) is 0 Å². The zero-order chi connectivity index (χ0) is 13.7. The molecule has 19 heavy (non-hydrogen) atoms. The standard InChI is InChI=1S/C13H20BrN3O2/c1-10-9-12(18-2)16-13(15-10)17-6-3-11(4-7-17)19-8-5-14/h9,11H,3-8H2,1-2H3. The number of methoxy groups -OCH3 is 1. The minimum atomic E-state index is 0.362. The van der Waals surface area contributed by atoms with Crippen molar-refractivity contribution < 1.29 is 9.47 Å². The molecule has 1 fully saturated rings. The number of piperidine rings is 1. The van der Waals surface area contributed by atoms with Crippen LogP contribution >= 0.6 is 15.9 Å². The second kappa shape index (κ2) is 7.05. The van der Waals surface area contributed by atoms with Gasteiger partial charge in [0.1, 0.15) is 0 Å². The molecule has 1 aromatic rings. The average molecular weight is 330 g/mol. The molecule has 0 atom stereocenters. The number of hydrogen-bond acceptors (Lipinski definition) is 5. The summed E-state index contributed by atoms with van der Waals surface area (Å²) in [7, 11) is 1.63. The van der Waals surface area contributed by atoms with E-state index in [0.717, 1.165) is 49.5 Å². The maximum Gasteiger partial charge on any atom is 0.228 e. The van der Waals surface area contributed by atoms with Gasteiger partial charge in [-0.25, -0.2) is 4.98 Å². The quantitative estimate of drug-likeness (QED) is 0.775. The van der Waals surface area contributed by atoms with Crippen LogP contribution in [0.2, 0.25) is 0 Å². The Bertz CT molecular complexity index is 409. The lowest BCUT2D eigenvalue weighted by Gasteiger charge is -2.32. The van der Waals surface area contributed by atoms with Crippen molar-refractivity contribution in [3.05, 3.63) is 11.8 Å². The Kier molecular flexibility index (Phi) is 5.39. The third kappa shape index (κ3) is 4.04. The van der Waals surface area contributed by atoms with E-state index < -0.39 is 0 Å². The SMILES string of the molecule is COc1cc(C)nc(N2CCC(OCCBr)CC2)n1. The summed E-state index contributed by atoms with van der Waals surface area (Å²) in [5.41, 5.74) is 0.930. The van der Waals surface area contributed by atoms with Gasteiger partial charge in [0.25, 0.3) is 0 Å². The van der Waals surface area contributed by atoms with E-state index in [-0.39, 0.29) is 0 Å². The number of halogens is 1. The highest BCUT2D eigenvalue weighted by atomic mass is 79.9. The van der Waals surface area contributed by atoms with Crippen LogP contribution in [0, 0.1) is 6.92 Å². The van der Waals surface area contributed by atoms with Crippen molar-refractivity contribution in [3.8, 4) is 5.88 Å². The van der Waals surface area contributed by atoms with Crippen molar-refractivity contribution in [1.82, 2.24) is 9.97 Å². The van der Waals surface area contributed by atoms with Gasteiger partial charge in [0, 0.05) is 30.2 Å².